The van der Waals surface area contributed by atoms with Crippen molar-refractivity contribution in [3.8, 4) is 0 Å². The number of alkyl halides is 7. The number of hydrogen-bond acceptors (Lipinski definition) is 3. The Kier molecular flexibility index (Phi) is 7.50. The van der Waals surface area contributed by atoms with Crippen LogP contribution in [0.3, 0.4) is 0 Å². The Balaban J connectivity index is 1.43. The highest BCUT2D eigenvalue weighted by Gasteiger charge is 2.61. The van der Waals surface area contributed by atoms with Crippen LogP contribution < -0.4 is 5.32 Å². The van der Waals surface area contributed by atoms with Crippen molar-refractivity contribution >= 4 is 17.4 Å². The minimum absolute atomic E-state index is 0.0597. The van der Waals surface area contributed by atoms with E-state index in [2.05, 4.69) is 17.1 Å². The van der Waals surface area contributed by atoms with Gasteiger partial charge in [-0.25, -0.2) is 0 Å². The van der Waals surface area contributed by atoms with Crippen LogP contribution in [0.15, 0.2) is 30.0 Å². The van der Waals surface area contributed by atoms with E-state index in [-0.39, 0.29) is 29.0 Å². The fraction of sp³-hybridized carbons (Fsp3) is 0.667. The highest BCUT2D eigenvalue weighted by Crippen LogP contribution is 2.65. The minimum Gasteiger partial charge on any atom is -0.374 e. The van der Waals surface area contributed by atoms with Gasteiger partial charge in [-0.2, -0.15) is 26.3 Å². The lowest BCUT2D eigenvalue weighted by molar-refractivity contribution is -0.141. The first-order chi connectivity index (χ1) is 19.1. The Morgan fingerprint density at radius 1 is 1.02 bits per heavy atom. The number of piperidine rings is 1. The fourth-order valence-electron chi connectivity index (χ4n) is 8.60. The molecule has 4 aliphatic rings. The molecule has 0 spiro atoms. The molecule has 3 aliphatic carbocycles. The number of fused-ring (bicyclic) bond motifs is 5. The molecule has 1 aliphatic heterocycles. The third kappa shape index (κ3) is 5.15. The number of carbonyl (C=O) groups excluding carboxylic acids is 2. The maximum atomic E-state index is 13.7. The van der Waals surface area contributed by atoms with E-state index >= 15 is 0 Å². The lowest BCUT2D eigenvalue weighted by Crippen LogP contribution is -2.58. The zero-order valence-corrected chi connectivity index (χ0v) is 23.1. The molecule has 1 heterocycles. The Morgan fingerprint density at radius 3 is 2.41 bits per heavy atom. The topological polar surface area (TPSA) is 49.4 Å². The molecule has 11 heteroatoms. The van der Waals surface area contributed by atoms with Crippen molar-refractivity contribution in [1.29, 1.82) is 0 Å². The molecule has 1 aromatic rings. The van der Waals surface area contributed by atoms with Crippen LogP contribution in [-0.2, 0) is 21.9 Å². The van der Waals surface area contributed by atoms with E-state index in [1.807, 2.05) is 6.92 Å². The van der Waals surface area contributed by atoms with E-state index in [0.717, 1.165) is 12.1 Å². The number of nitrogens with zero attached hydrogens (tertiary/aromatic N) is 1. The van der Waals surface area contributed by atoms with Crippen molar-refractivity contribution in [1.82, 2.24) is 4.90 Å². The number of benzene rings is 1. The minimum atomic E-state index is -4.94. The molecular formula is C30H35F7N2O2. The first kappa shape index (κ1) is 29.9. The van der Waals surface area contributed by atoms with Crippen LogP contribution >= 0.6 is 0 Å². The van der Waals surface area contributed by atoms with Gasteiger partial charge < -0.3 is 10.2 Å². The van der Waals surface area contributed by atoms with E-state index in [9.17, 15) is 40.3 Å². The quantitative estimate of drug-likeness (QED) is 0.360. The molecule has 0 bridgehead atoms. The smallest absolute Gasteiger partial charge is 0.374 e. The molecule has 0 radical (unpaired) electrons. The number of amides is 1. The second-order valence-electron chi connectivity index (χ2n) is 12.7. The third-order valence-electron chi connectivity index (χ3n) is 10.6. The molecular weight excluding hydrogens is 553 g/mol. The van der Waals surface area contributed by atoms with Crippen LogP contribution in [0.2, 0.25) is 0 Å². The van der Waals surface area contributed by atoms with Gasteiger partial charge in [-0.1, -0.05) is 13.8 Å². The highest BCUT2D eigenvalue weighted by atomic mass is 19.4. The number of ketones is 1. The van der Waals surface area contributed by atoms with E-state index in [1.165, 1.54) is 0 Å². The summed E-state index contributed by atoms with van der Waals surface area (Å²) in [5.41, 5.74) is -3.34. The van der Waals surface area contributed by atoms with Crippen molar-refractivity contribution in [3.05, 3.63) is 41.1 Å². The third-order valence-corrected chi connectivity index (χ3v) is 10.6. The zero-order chi connectivity index (χ0) is 30.0. The molecule has 3 fully saturated rings. The van der Waals surface area contributed by atoms with Crippen LogP contribution in [0.4, 0.5) is 36.4 Å². The number of halogens is 7. The van der Waals surface area contributed by atoms with Gasteiger partial charge in [-0.05, 0) is 79.9 Å². The molecule has 4 unspecified atom stereocenters. The summed E-state index contributed by atoms with van der Waals surface area (Å²) in [6.07, 6.45) is -4.16. The Labute approximate surface area is 234 Å². The van der Waals surface area contributed by atoms with Crippen LogP contribution in [0.5, 0.6) is 0 Å². The van der Waals surface area contributed by atoms with E-state index in [4.69, 9.17) is 0 Å². The molecule has 1 saturated heterocycles. The lowest BCUT2D eigenvalue weighted by atomic mass is 9.49. The Morgan fingerprint density at radius 2 is 1.76 bits per heavy atom. The van der Waals surface area contributed by atoms with Crippen LogP contribution in [0.1, 0.15) is 69.9 Å². The van der Waals surface area contributed by atoms with Gasteiger partial charge in [-0.15, -0.1) is 0 Å². The fourth-order valence-corrected chi connectivity index (χ4v) is 8.60. The monoisotopic (exact) mass is 588 g/mol. The highest BCUT2D eigenvalue weighted by molar-refractivity contribution is 5.94. The SMILES string of the molecule is C[C@]12CCC3C(CN(CCCF)C4=CC(=O)CC[C@@]43C)C1CCC2C(=O)Nc1cc(C(F)(F)F)ccc1C(F)(F)F. The van der Waals surface area contributed by atoms with Crippen molar-refractivity contribution in [3.63, 3.8) is 0 Å². The molecule has 2 saturated carbocycles. The van der Waals surface area contributed by atoms with Gasteiger partial charge in [0.25, 0.3) is 0 Å². The van der Waals surface area contributed by atoms with Crippen molar-refractivity contribution in [2.45, 2.75) is 71.1 Å². The summed E-state index contributed by atoms with van der Waals surface area (Å²) >= 11 is 0. The summed E-state index contributed by atoms with van der Waals surface area (Å²) in [5.74, 6) is -0.860. The normalized spacial score (nSPS) is 33.5. The Hall–Kier alpha value is -2.59. The van der Waals surface area contributed by atoms with Gasteiger partial charge >= 0.3 is 12.4 Å². The van der Waals surface area contributed by atoms with Crippen molar-refractivity contribution < 1.29 is 40.3 Å². The molecule has 6 atom stereocenters. The standard InChI is InChI=1S/C30H35F7N2O2/c1-27-11-9-21-19(16-39(13-3-12-31)25-15-18(40)8-10-28(21,25)2)20(27)6-7-23(27)26(41)38-24-14-17(29(32,33)34)4-5-22(24)30(35,36)37/h4-5,14-15,19-21,23H,3,6-13,16H2,1-2H3,(H,38,41)/t19?,20?,21?,23?,27-,28+/m0/s1. The van der Waals surface area contributed by atoms with Crippen LogP contribution in [-0.4, -0.2) is 36.4 Å². The van der Waals surface area contributed by atoms with Crippen molar-refractivity contribution in [2.24, 2.45) is 34.5 Å². The summed E-state index contributed by atoms with van der Waals surface area (Å²) in [6, 6.07) is 1.08. The van der Waals surface area contributed by atoms with Gasteiger partial charge in [-0.3, -0.25) is 14.0 Å². The van der Waals surface area contributed by atoms with E-state index < -0.39 is 53.1 Å². The van der Waals surface area contributed by atoms with E-state index in [1.54, 1.807) is 6.08 Å². The summed E-state index contributed by atoms with van der Waals surface area (Å²) < 4.78 is 94.1. The van der Waals surface area contributed by atoms with Gasteiger partial charge in [0.2, 0.25) is 5.91 Å². The number of nitrogens with one attached hydrogen (secondary N) is 1. The predicted molar refractivity (Wildman–Crippen MR) is 138 cm³/mol. The zero-order valence-electron chi connectivity index (χ0n) is 23.1. The Bertz CT molecular complexity index is 1240. The van der Waals surface area contributed by atoms with Gasteiger partial charge in [0, 0.05) is 42.6 Å². The predicted octanol–water partition coefficient (Wildman–Crippen LogP) is 7.65. The largest absolute Gasteiger partial charge is 0.418 e. The second kappa shape index (κ2) is 10.3. The average Bonchev–Trinajstić information content (AvgIpc) is 3.24. The van der Waals surface area contributed by atoms with Crippen molar-refractivity contribution in [2.75, 3.05) is 25.1 Å². The first-order valence-corrected chi connectivity index (χ1v) is 14.2. The first-order valence-electron chi connectivity index (χ1n) is 14.2. The molecule has 226 valence electrons. The van der Waals surface area contributed by atoms with Crippen LogP contribution in [0.25, 0.3) is 0 Å². The lowest BCUT2D eigenvalue weighted by Gasteiger charge is -2.60. The number of rotatable bonds is 5. The molecule has 1 amide bonds. The molecule has 4 nitrogen and oxygen atoms in total. The summed E-state index contributed by atoms with van der Waals surface area (Å²) in [7, 11) is 0. The summed E-state index contributed by atoms with van der Waals surface area (Å²) in [5, 5.41) is 2.24. The summed E-state index contributed by atoms with van der Waals surface area (Å²) in [4.78, 5) is 28.0. The number of carbonyl (C=O) groups is 2. The number of likely N-dealkylation sites (tertiary alicyclic amines) is 1. The average molecular weight is 589 g/mol. The molecule has 1 aromatic carbocycles. The summed E-state index contributed by atoms with van der Waals surface area (Å²) in [6.45, 7) is 4.74. The number of hydrogen-bond donors (Lipinski definition) is 1. The maximum Gasteiger partial charge on any atom is 0.418 e. The molecule has 1 N–H and O–H groups in total. The maximum absolute atomic E-state index is 13.7. The molecule has 5 rings (SSSR count). The molecule has 41 heavy (non-hydrogen) atoms. The van der Waals surface area contributed by atoms with E-state index in [0.29, 0.717) is 69.8 Å². The second-order valence-corrected chi connectivity index (χ2v) is 12.7. The molecule has 0 aromatic heterocycles. The van der Waals surface area contributed by atoms with Gasteiger partial charge in [0.15, 0.2) is 5.78 Å². The number of anilines is 1. The van der Waals surface area contributed by atoms with Crippen LogP contribution in [0, 0.1) is 34.5 Å². The van der Waals surface area contributed by atoms with Gasteiger partial charge in [0.05, 0.1) is 23.5 Å². The number of allylic oxidation sites excluding steroid dienone is 2. The van der Waals surface area contributed by atoms with Gasteiger partial charge in [0.1, 0.15) is 0 Å².